The molecule has 6 heteroatoms. The van der Waals surface area contributed by atoms with Crippen molar-refractivity contribution in [2.24, 2.45) is 5.92 Å². The number of carbonyl (C=O) groups excluding carboxylic acids is 1. The Morgan fingerprint density at radius 2 is 1.94 bits per heavy atom. The van der Waals surface area contributed by atoms with E-state index in [1.807, 2.05) is 6.92 Å². The van der Waals surface area contributed by atoms with Crippen molar-refractivity contribution in [3.8, 4) is 0 Å². The van der Waals surface area contributed by atoms with Crippen LogP contribution in [0.4, 0.5) is 13.2 Å². The standard InChI is InChI=1S/C10H15BrF3NO/c1-7(11)8-2-4-15(5-3-8)9(16)6-10(12,13)14/h7-8H,2-6H2,1H3. The summed E-state index contributed by atoms with van der Waals surface area (Å²) < 4.78 is 36.0. The topological polar surface area (TPSA) is 20.3 Å². The van der Waals surface area contributed by atoms with E-state index < -0.39 is 18.5 Å². The summed E-state index contributed by atoms with van der Waals surface area (Å²) >= 11 is 3.46. The molecule has 1 saturated heterocycles. The molecule has 1 amide bonds. The van der Waals surface area contributed by atoms with Gasteiger partial charge in [0.05, 0.1) is 0 Å². The highest BCUT2D eigenvalue weighted by Crippen LogP contribution is 2.27. The summed E-state index contributed by atoms with van der Waals surface area (Å²) in [5.41, 5.74) is 0. The zero-order valence-corrected chi connectivity index (χ0v) is 10.6. The van der Waals surface area contributed by atoms with E-state index in [1.165, 1.54) is 4.90 Å². The van der Waals surface area contributed by atoms with Crippen LogP contribution in [0.25, 0.3) is 0 Å². The zero-order valence-electron chi connectivity index (χ0n) is 9.06. The van der Waals surface area contributed by atoms with Crippen LogP contribution in [0.15, 0.2) is 0 Å². The van der Waals surface area contributed by atoms with Gasteiger partial charge in [-0.15, -0.1) is 0 Å². The Balaban J connectivity index is 2.39. The van der Waals surface area contributed by atoms with Gasteiger partial charge in [-0.25, -0.2) is 0 Å². The summed E-state index contributed by atoms with van der Waals surface area (Å²) in [6.45, 7) is 2.91. The van der Waals surface area contributed by atoms with Crippen molar-refractivity contribution in [2.45, 2.75) is 37.2 Å². The smallest absolute Gasteiger partial charge is 0.342 e. The first-order chi connectivity index (χ1) is 7.29. The Morgan fingerprint density at radius 1 is 1.44 bits per heavy atom. The molecule has 0 aromatic carbocycles. The van der Waals surface area contributed by atoms with Crippen LogP contribution in [-0.4, -0.2) is 34.9 Å². The Labute approximate surface area is 101 Å². The van der Waals surface area contributed by atoms with Gasteiger partial charge in [-0.2, -0.15) is 13.2 Å². The van der Waals surface area contributed by atoms with E-state index in [1.54, 1.807) is 0 Å². The second-order valence-corrected chi connectivity index (χ2v) is 5.63. The molecule has 1 aliphatic heterocycles. The van der Waals surface area contributed by atoms with Gasteiger partial charge in [-0.05, 0) is 18.8 Å². The maximum atomic E-state index is 12.0. The quantitative estimate of drug-likeness (QED) is 0.718. The second-order valence-electron chi connectivity index (χ2n) is 4.19. The molecule has 1 aliphatic rings. The van der Waals surface area contributed by atoms with Crippen LogP contribution >= 0.6 is 15.9 Å². The minimum absolute atomic E-state index is 0.354. The van der Waals surface area contributed by atoms with Crippen molar-refractivity contribution in [1.82, 2.24) is 4.90 Å². The average molecular weight is 302 g/mol. The van der Waals surface area contributed by atoms with E-state index in [2.05, 4.69) is 15.9 Å². The number of amides is 1. The van der Waals surface area contributed by atoms with Crippen LogP contribution in [0, 0.1) is 5.92 Å². The molecule has 94 valence electrons. The fraction of sp³-hybridized carbons (Fsp3) is 0.900. The lowest BCUT2D eigenvalue weighted by atomic mass is 9.94. The van der Waals surface area contributed by atoms with E-state index in [0.29, 0.717) is 23.8 Å². The maximum absolute atomic E-state index is 12.0. The summed E-state index contributed by atoms with van der Waals surface area (Å²) in [5, 5.41) is 0. The van der Waals surface area contributed by atoms with Gasteiger partial charge in [0.1, 0.15) is 6.42 Å². The minimum Gasteiger partial charge on any atom is -0.342 e. The molecular formula is C10H15BrF3NO. The Hall–Kier alpha value is -0.260. The van der Waals surface area contributed by atoms with E-state index >= 15 is 0 Å². The molecule has 0 saturated carbocycles. The molecular weight excluding hydrogens is 287 g/mol. The molecule has 1 fully saturated rings. The molecule has 0 N–H and O–H groups in total. The molecule has 1 heterocycles. The summed E-state index contributed by atoms with van der Waals surface area (Å²) in [4.78, 5) is 13.0. The lowest BCUT2D eigenvalue weighted by molar-refractivity contribution is -0.162. The third-order valence-corrected chi connectivity index (χ3v) is 3.64. The van der Waals surface area contributed by atoms with Crippen LogP contribution in [0.3, 0.4) is 0 Å². The van der Waals surface area contributed by atoms with Crippen LogP contribution in [0.1, 0.15) is 26.2 Å². The first kappa shape index (κ1) is 13.8. The maximum Gasteiger partial charge on any atom is 0.397 e. The van der Waals surface area contributed by atoms with Gasteiger partial charge in [-0.1, -0.05) is 22.9 Å². The highest BCUT2D eigenvalue weighted by atomic mass is 79.9. The predicted octanol–water partition coefficient (Wildman–Crippen LogP) is 2.96. The number of piperidine rings is 1. The van der Waals surface area contributed by atoms with Crippen LogP contribution in [0.5, 0.6) is 0 Å². The molecule has 0 aliphatic carbocycles. The van der Waals surface area contributed by atoms with Crippen molar-refractivity contribution >= 4 is 21.8 Å². The van der Waals surface area contributed by atoms with Crippen molar-refractivity contribution in [3.63, 3.8) is 0 Å². The van der Waals surface area contributed by atoms with Gasteiger partial charge < -0.3 is 4.90 Å². The lowest BCUT2D eigenvalue weighted by Gasteiger charge is -2.33. The van der Waals surface area contributed by atoms with Gasteiger partial charge in [0.15, 0.2) is 0 Å². The van der Waals surface area contributed by atoms with Crippen molar-refractivity contribution in [1.29, 1.82) is 0 Å². The molecule has 0 spiro atoms. The molecule has 0 aromatic heterocycles. The predicted molar refractivity (Wildman–Crippen MR) is 58.4 cm³/mol. The SMILES string of the molecule is CC(Br)C1CCN(C(=O)CC(F)(F)F)CC1. The zero-order chi connectivity index (χ0) is 12.3. The highest BCUT2D eigenvalue weighted by molar-refractivity contribution is 9.09. The number of likely N-dealkylation sites (tertiary alicyclic amines) is 1. The van der Waals surface area contributed by atoms with Gasteiger partial charge in [0.25, 0.3) is 0 Å². The van der Waals surface area contributed by atoms with Gasteiger partial charge >= 0.3 is 6.18 Å². The molecule has 16 heavy (non-hydrogen) atoms. The second kappa shape index (κ2) is 5.38. The van der Waals surface area contributed by atoms with Crippen molar-refractivity contribution in [3.05, 3.63) is 0 Å². The summed E-state index contributed by atoms with van der Waals surface area (Å²) in [6.07, 6.45) is -4.18. The summed E-state index contributed by atoms with van der Waals surface area (Å²) in [7, 11) is 0. The first-order valence-corrected chi connectivity index (χ1v) is 6.20. The van der Waals surface area contributed by atoms with Crippen molar-refractivity contribution in [2.75, 3.05) is 13.1 Å². The number of rotatable bonds is 2. The fourth-order valence-electron chi connectivity index (χ4n) is 1.89. The largest absolute Gasteiger partial charge is 0.397 e. The number of alkyl halides is 4. The molecule has 1 rings (SSSR count). The van der Waals surface area contributed by atoms with E-state index in [4.69, 9.17) is 0 Å². The van der Waals surface area contributed by atoms with Gasteiger partial charge in [0, 0.05) is 17.9 Å². The van der Waals surface area contributed by atoms with Gasteiger partial charge in [0.2, 0.25) is 5.91 Å². The summed E-state index contributed by atoms with van der Waals surface area (Å²) in [6, 6.07) is 0. The minimum atomic E-state index is -4.39. The van der Waals surface area contributed by atoms with Crippen molar-refractivity contribution < 1.29 is 18.0 Å². The Morgan fingerprint density at radius 3 is 2.31 bits per heavy atom. The monoisotopic (exact) mass is 301 g/mol. The number of hydrogen-bond acceptors (Lipinski definition) is 1. The number of hydrogen-bond donors (Lipinski definition) is 0. The third-order valence-electron chi connectivity index (χ3n) is 2.89. The highest BCUT2D eigenvalue weighted by Gasteiger charge is 2.34. The van der Waals surface area contributed by atoms with Gasteiger partial charge in [-0.3, -0.25) is 4.79 Å². The number of carbonyl (C=O) groups is 1. The van der Waals surface area contributed by atoms with Crippen LogP contribution in [0.2, 0.25) is 0 Å². The molecule has 2 nitrogen and oxygen atoms in total. The molecule has 0 aromatic rings. The van der Waals surface area contributed by atoms with E-state index in [-0.39, 0.29) is 0 Å². The third kappa shape index (κ3) is 4.31. The first-order valence-electron chi connectivity index (χ1n) is 5.28. The normalized spacial score (nSPS) is 20.9. The fourth-order valence-corrected chi connectivity index (χ4v) is 2.42. The molecule has 0 bridgehead atoms. The number of halogens is 4. The van der Waals surface area contributed by atoms with E-state index in [0.717, 1.165) is 12.8 Å². The summed E-state index contributed by atoms with van der Waals surface area (Å²) in [5.74, 6) is -0.344. The van der Waals surface area contributed by atoms with Crippen LogP contribution < -0.4 is 0 Å². The van der Waals surface area contributed by atoms with E-state index in [9.17, 15) is 18.0 Å². The molecule has 0 radical (unpaired) electrons. The van der Waals surface area contributed by atoms with Crippen LogP contribution in [-0.2, 0) is 4.79 Å². The molecule has 1 atom stereocenters. The molecule has 1 unspecified atom stereocenters. The Kier molecular flexibility index (Phi) is 4.64. The Bertz CT molecular complexity index is 247. The average Bonchev–Trinajstić information content (AvgIpc) is 2.15. The lowest BCUT2D eigenvalue weighted by Crippen LogP contribution is -2.41. The number of nitrogens with zero attached hydrogens (tertiary/aromatic N) is 1.